The van der Waals surface area contributed by atoms with E-state index in [1.807, 2.05) is 0 Å². The minimum absolute atomic E-state index is 0.0791. The van der Waals surface area contributed by atoms with Crippen LogP contribution in [-0.2, 0) is 12.1 Å². The Morgan fingerprint density at radius 1 is 1.16 bits per heavy atom. The van der Waals surface area contributed by atoms with Crippen LogP contribution in [0.1, 0.15) is 15.9 Å². The Kier molecular flexibility index (Phi) is 6.10. The van der Waals surface area contributed by atoms with Gasteiger partial charge in [0, 0.05) is 23.4 Å². The fourth-order valence-electron chi connectivity index (χ4n) is 3.31. The molecule has 0 saturated carbocycles. The van der Waals surface area contributed by atoms with Crippen molar-refractivity contribution in [1.29, 1.82) is 0 Å². The van der Waals surface area contributed by atoms with Crippen LogP contribution in [0, 0.1) is 11.6 Å². The van der Waals surface area contributed by atoms with Crippen molar-refractivity contribution in [3.05, 3.63) is 89.8 Å². The molecule has 0 aliphatic carbocycles. The summed E-state index contributed by atoms with van der Waals surface area (Å²) in [7, 11) is 0. The van der Waals surface area contributed by atoms with Crippen LogP contribution in [0.25, 0.3) is 0 Å². The molecule has 9 nitrogen and oxygen atoms in total. The van der Waals surface area contributed by atoms with E-state index in [0.717, 1.165) is 18.4 Å². The summed E-state index contributed by atoms with van der Waals surface area (Å²) >= 11 is 0. The standard InChI is InChI=1S/C21H20F2N6O3/c22-16-3-6-19(20(23)7-16)21(31,12-29-14-24-13-25-29)11-28-8-17(26-27-28)10-32-18-4-1-15(9-30)2-5-18/h1-9,13-14,26-27,31H,10-12H2. The number of benzene rings is 2. The number of hydrogen-bond acceptors (Lipinski definition) is 8. The van der Waals surface area contributed by atoms with Crippen molar-refractivity contribution >= 4 is 6.29 Å². The van der Waals surface area contributed by atoms with Crippen LogP contribution in [0.5, 0.6) is 5.75 Å². The smallest absolute Gasteiger partial charge is 0.150 e. The summed E-state index contributed by atoms with van der Waals surface area (Å²) in [6, 6.07) is 9.67. The Morgan fingerprint density at radius 2 is 1.97 bits per heavy atom. The van der Waals surface area contributed by atoms with Crippen molar-refractivity contribution in [2.75, 3.05) is 13.2 Å². The molecule has 3 N–H and O–H groups in total. The minimum atomic E-state index is -1.77. The third-order valence-corrected chi connectivity index (χ3v) is 4.84. The molecule has 2 aromatic carbocycles. The van der Waals surface area contributed by atoms with Crippen LogP contribution in [-0.4, -0.2) is 44.3 Å². The zero-order chi connectivity index (χ0) is 22.6. The summed E-state index contributed by atoms with van der Waals surface area (Å²) < 4.78 is 35.0. The highest BCUT2D eigenvalue weighted by atomic mass is 19.1. The monoisotopic (exact) mass is 442 g/mol. The molecular weight excluding hydrogens is 422 g/mol. The molecule has 0 fully saturated rings. The quantitative estimate of drug-likeness (QED) is 0.429. The molecule has 0 saturated heterocycles. The average molecular weight is 442 g/mol. The summed E-state index contributed by atoms with van der Waals surface area (Å²) in [5.74, 6) is -1.03. The van der Waals surface area contributed by atoms with Crippen molar-refractivity contribution in [3.63, 3.8) is 0 Å². The normalized spacial score (nSPS) is 15.1. The van der Waals surface area contributed by atoms with Crippen LogP contribution in [0.15, 0.2) is 67.0 Å². The molecule has 2 heterocycles. The van der Waals surface area contributed by atoms with Crippen molar-refractivity contribution in [2.24, 2.45) is 0 Å². The Morgan fingerprint density at radius 3 is 2.66 bits per heavy atom. The molecule has 1 unspecified atom stereocenters. The fraction of sp³-hybridized carbons (Fsp3) is 0.190. The van der Waals surface area contributed by atoms with E-state index < -0.39 is 17.2 Å². The maximum Gasteiger partial charge on any atom is 0.150 e. The van der Waals surface area contributed by atoms with Gasteiger partial charge in [-0.1, -0.05) is 6.07 Å². The molecule has 11 heteroatoms. The number of aromatic nitrogens is 3. The molecule has 0 radical (unpaired) electrons. The van der Waals surface area contributed by atoms with Gasteiger partial charge in [0.1, 0.15) is 48.5 Å². The predicted molar refractivity (Wildman–Crippen MR) is 109 cm³/mol. The van der Waals surface area contributed by atoms with Crippen molar-refractivity contribution in [3.8, 4) is 5.75 Å². The van der Waals surface area contributed by atoms with Crippen LogP contribution in [0.4, 0.5) is 8.78 Å². The molecule has 0 bridgehead atoms. The largest absolute Gasteiger partial charge is 0.487 e. The number of nitrogens with zero attached hydrogens (tertiary/aromatic N) is 4. The molecule has 32 heavy (non-hydrogen) atoms. The van der Waals surface area contributed by atoms with Gasteiger partial charge >= 0.3 is 0 Å². The van der Waals surface area contributed by atoms with E-state index in [1.54, 1.807) is 30.5 Å². The van der Waals surface area contributed by atoms with Gasteiger partial charge in [-0.15, -0.1) is 5.53 Å². The number of β-amino-alcohol motifs (C(OH)–C–C–N with tert-alkyl or cyclic N) is 1. The van der Waals surface area contributed by atoms with E-state index in [0.29, 0.717) is 17.0 Å². The Labute approximate surface area is 181 Å². The van der Waals surface area contributed by atoms with Gasteiger partial charge < -0.3 is 15.3 Å². The number of aliphatic hydroxyl groups is 1. The molecule has 1 aliphatic rings. The molecule has 166 valence electrons. The second-order valence-corrected chi connectivity index (χ2v) is 7.24. The summed E-state index contributed by atoms with van der Waals surface area (Å²) in [6.07, 6.45) is 5.10. The van der Waals surface area contributed by atoms with Crippen LogP contribution in [0.2, 0.25) is 0 Å². The fourth-order valence-corrected chi connectivity index (χ4v) is 3.31. The summed E-state index contributed by atoms with van der Waals surface area (Å²) in [6.45, 7) is -0.0349. The lowest BCUT2D eigenvalue weighted by atomic mass is 9.92. The molecule has 1 aliphatic heterocycles. The van der Waals surface area contributed by atoms with E-state index >= 15 is 0 Å². The second kappa shape index (κ2) is 9.12. The van der Waals surface area contributed by atoms with E-state index in [9.17, 15) is 18.7 Å². The summed E-state index contributed by atoms with van der Waals surface area (Å²) in [4.78, 5) is 14.6. The van der Waals surface area contributed by atoms with Crippen LogP contribution >= 0.6 is 0 Å². The van der Waals surface area contributed by atoms with Gasteiger partial charge in [-0.05, 0) is 30.3 Å². The van der Waals surface area contributed by atoms with Crippen molar-refractivity contribution in [1.82, 2.24) is 30.7 Å². The zero-order valence-electron chi connectivity index (χ0n) is 16.8. The molecule has 1 atom stereocenters. The van der Waals surface area contributed by atoms with E-state index in [-0.39, 0.29) is 25.3 Å². The van der Waals surface area contributed by atoms with E-state index in [2.05, 4.69) is 21.0 Å². The second-order valence-electron chi connectivity index (χ2n) is 7.24. The van der Waals surface area contributed by atoms with Gasteiger partial charge in [0.05, 0.1) is 18.8 Å². The highest BCUT2D eigenvalue weighted by Crippen LogP contribution is 2.28. The van der Waals surface area contributed by atoms with Crippen molar-refractivity contribution in [2.45, 2.75) is 12.1 Å². The number of carbonyl (C=O) groups excluding carboxylic acids is 1. The molecule has 0 amide bonds. The average Bonchev–Trinajstić information content (AvgIpc) is 3.44. The number of nitrogens with one attached hydrogen (secondary N) is 2. The first kappa shape index (κ1) is 21.4. The summed E-state index contributed by atoms with van der Waals surface area (Å²) in [5, 5.41) is 16.9. The molecule has 1 aromatic heterocycles. The van der Waals surface area contributed by atoms with Gasteiger partial charge in [-0.3, -0.25) is 9.80 Å². The third-order valence-electron chi connectivity index (χ3n) is 4.84. The van der Waals surface area contributed by atoms with Gasteiger partial charge in [0.2, 0.25) is 0 Å². The minimum Gasteiger partial charge on any atom is -0.487 e. The van der Waals surface area contributed by atoms with Gasteiger partial charge in [-0.2, -0.15) is 5.10 Å². The summed E-state index contributed by atoms with van der Waals surface area (Å²) in [5.41, 5.74) is 5.12. The predicted octanol–water partition coefficient (Wildman–Crippen LogP) is 1.50. The number of halogens is 2. The number of ether oxygens (including phenoxy) is 1. The molecule has 3 aromatic rings. The zero-order valence-corrected chi connectivity index (χ0v) is 16.8. The Bertz CT molecular complexity index is 1110. The lowest BCUT2D eigenvalue weighted by Crippen LogP contribution is -2.48. The number of aldehydes is 1. The number of carbonyl (C=O) groups is 1. The Hall–Kier alpha value is -3.83. The highest BCUT2D eigenvalue weighted by Gasteiger charge is 2.36. The SMILES string of the molecule is O=Cc1ccc(OCC2=CN(CC(O)(Cn3cncn3)c3ccc(F)cc3F)NN2)cc1. The lowest BCUT2D eigenvalue weighted by Gasteiger charge is -2.32. The van der Waals surface area contributed by atoms with E-state index in [1.165, 1.54) is 28.4 Å². The van der Waals surface area contributed by atoms with Crippen LogP contribution < -0.4 is 15.7 Å². The maximum atomic E-state index is 14.5. The van der Waals surface area contributed by atoms with E-state index in [4.69, 9.17) is 4.74 Å². The Balaban J connectivity index is 1.48. The maximum absolute atomic E-state index is 14.5. The topological polar surface area (TPSA) is 105 Å². The van der Waals surface area contributed by atoms with Gasteiger partial charge in [0.25, 0.3) is 0 Å². The molecule has 4 rings (SSSR count). The lowest BCUT2D eigenvalue weighted by molar-refractivity contribution is -0.0209. The van der Waals surface area contributed by atoms with Gasteiger partial charge in [0.15, 0.2) is 0 Å². The number of hydrogen-bond donors (Lipinski definition) is 3. The van der Waals surface area contributed by atoms with Gasteiger partial charge in [-0.25, -0.2) is 18.4 Å². The molecular formula is C21H20F2N6O3. The number of rotatable bonds is 9. The van der Waals surface area contributed by atoms with Crippen LogP contribution in [0.3, 0.4) is 0 Å². The number of hydrazine groups is 2. The highest BCUT2D eigenvalue weighted by molar-refractivity contribution is 5.74. The van der Waals surface area contributed by atoms with Crippen molar-refractivity contribution < 1.29 is 23.4 Å². The third kappa shape index (κ3) is 4.90. The first-order valence-corrected chi connectivity index (χ1v) is 9.62. The molecule has 0 spiro atoms. The first-order valence-electron chi connectivity index (χ1n) is 9.62. The first-order chi connectivity index (χ1) is 15.4.